The Morgan fingerprint density at radius 2 is 1.66 bits per heavy atom. The fourth-order valence-electron chi connectivity index (χ4n) is 3.44. The van der Waals surface area contributed by atoms with Crippen LogP contribution in [0.1, 0.15) is 26.3 Å². The molecule has 0 unspecified atom stereocenters. The number of carbonyl (C=O) groups excluding carboxylic acids is 2. The van der Waals surface area contributed by atoms with Gasteiger partial charge in [0.15, 0.2) is 11.5 Å². The van der Waals surface area contributed by atoms with Gasteiger partial charge in [-0.3, -0.25) is 4.79 Å². The number of hydrogen-bond donors (Lipinski definition) is 1. The van der Waals surface area contributed by atoms with Gasteiger partial charge in [-0.15, -0.1) is 0 Å². The first kappa shape index (κ1) is 24.0. The Labute approximate surface area is 210 Å². The molecule has 0 aliphatic heterocycles. The highest BCUT2D eigenvalue weighted by atomic mass is 79.9. The smallest absolute Gasteiger partial charge is 0.343 e. The molecule has 0 heterocycles. The van der Waals surface area contributed by atoms with Crippen molar-refractivity contribution in [2.75, 3.05) is 14.2 Å². The zero-order chi connectivity index (χ0) is 24.8. The largest absolute Gasteiger partial charge is 0.497 e. The number of rotatable bonds is 7. The second-order valence-electron chi connectivity index (χ2n) is 7.38. The average Bonchev–Trinajstić information content (AvgIpc) is 2.89. The lowest BCUT2D eigenvalue weighted by Gasteiger charge is -2.12. The summed E-state index contributed by atoms with van der Waals surface area (Å²) in [5.74, 6) is 0.314. The molecule has 0 saturated carbocycles. The fraction of sp³-hybridized carbons (Fsp3) is 0.0741. The summed E-state index contributed by atoms with van der Waals surface area (Å²) in [7, 11) is 3.02. The summed E-state index contributed by atoms with van der Waals surface area (Å²) >= 11 is 3.42. The molecule has 0 saturated heterocycles. The maximum absolute atomic E-state index is 12.7. The number of methoxy groups -OCH3 is 2. The molecule has 4 rings (SSSR count). The Hall–Kier alpha value is -4.17. The molecular weight excluding hydrogens is 512 g/mol. The van der Waals surface area contributed by atoms with Crippen molar-refractivity contribution < 1.29 is 23.8 Å². The summed E-state index contributed by atoms with van der Waals surface area (Å²) in [5.41, 5.74) is 4.06. The van der Waals surface area contributed by atoms with Gasteiger partial charge >= 0.3 is 5.97 Å². The number of fused-ring (bicyclic) bond motifs is 1. The number of nitrogens with zero attached hydrogens (tertiary/aromatic N) is 1. The monoisotopic (exact) mass is 532 g/mol. The average molecular weight is 533 g/mol. The molecule has 4 aromatic carbocycles. The zero-order valence-electron chi connectivity index (χ0n) is 18.9. The molecule has 0 radical (unpaired) electrons. The molecule has 0 fully saturated rings. The van der Waals surface area contributed by atoms with Crippen LogP contribution in [-0.2, 0) is 0 Å². The van der Waals surface area contributed by atoms with Gasteiger partial charge in [0.1, 0.15) is 5.75 Å². The molecule has 4 aromatic rings. The van der Waals surface area contributed by atoms with Crippen LogP contribution in [0, 0.1) is 0 Å². The lowest BCUT2D eigenvalue weighted by molar-refractivity contribution is 0.0728. The van der Waals surface area contributed by atoms with Crippen LogP contribution in [0.5, 0.6) is 17.2 Å². The van der Waals surface area contributed by atoms with E-state index in [1.807, 2.05) is 36.4 Å². The number of nitrogens with one attached hydrogen (secondary N) is 1. The van der Waals surface area contributed by atoms with Crippen molar-refractivity contribution in [1.82, 2.24) is 5.43 Å². The van der Waals surface area contributed by atoms with Crippen molar-refractivity contribution >= 4 is 44.8 Å². The molecular formula is C27H21BrN2O5. The molecule has 0 spiro atoms. The molecule has 8 heteroatoms. The van der Waals surface area contributed by atoms with E-state index in [9.17, 15) is 9.59 Å². The van der Waals surface area contributed by atoms with Crippen LogP contribution >= 0.6 is 15.9 Å². The van der Waals surface area contributed by atoms with Gasteiger partial charge in [0.05, 0.1) is 30.5 Å². The van der Waals surface area contributed by atoms with Crippen molar-refractivity contribution in [1.29, 1.82) is 0 Å². The maximum Gasteiger partial charge on any atom is 0.343 e. The zero-order valence-corrected chi connectivity index (χ0v) is 20.5. The number of carbonyl (C=O) groups is 2. The normalized spacial score (nSPS) is 10.8. The van der Waals surface area contributed by atoms with E-state index in [4.69, 9.17) is 14.2 Å². The first-order chi connectivity index (χ1) is 17.0. The predicted molar refractivity (Wildman–Crippen MR) is 138 cm³/mol. The highest BCUT2D eigenvalue weighted by Gasteiger charge is 2.17. The van der Waals surface area contributed by atoms with Crippen LogP contribution in [-0.4, -0.2) is 32.3 Å². The van der Waals surface area contributed by atoms with Crippen LogP contribution in [0.4, 0.5) is 0 Å². The second-order valence-corrected chi connectivity index (χ2v) is 8.23. The van der Waals surface area contributed by atoms with E-state index >= 15 is 0 Å². The van der Waals surface area contributed by atoms with E-state index in [2.05, 4.69) is 26.5 Å². The highest BCUT2D eigenvalue weighted by molar-refractivity contribution is 9.10. The van der Waals surface area contributed by atoms with E-state index in [0.717, 1.165) is 10.8 Å². The molecule has 0 aliphatic rings. The van der Waals surface area contributed by atoms with Crippen molar-refractivity contribution in [3.8, 4) is 17.2 Å². The SMILES string of the molecule is COc1ccc(C(=O)Oc2c(Br)cc(/C=N\NC(=O)c3cccc4ccccc34)cc2OC)cc1. The maximum atomic E-state index is 12.7. The summed E-state index contributed by atoms with van der Waals surface area (Å²) in [5, 5.41) is 5.89. The van der Waals surface area contributed by atoms with Crippen molar-refractivity contribution in [2.24, 2.45) is 5.10 Å². The summed E-state index contributed by atoms with van der Waals surface area (Å²) < 4.78 is 16.6. The third kappa shape index (κ3) is 5.50. The molecule has 1 N–H and O–H groups in total. The lowest BCUT2D eigenvalue weighted by Crippen LogP contribution is -2.18. The Bertz CT molecular complexity index is 1410. The molecule has 176 valence electrons. The van der Waals surface area contributed by atoms with Crippen LogP contribution in [0.25, 0.3) is 10.8 Å². The van der Waals surface area contributed by atoms with Crippen LogP contribution < -0.4 is 19.6 Å². The van der Waals surface area contributed by atoms with Gasteiger partial charge in [0.25, 0.3) is 5.91 Å². The number of hydrazone groups is 1. The predicted octanol–water partition coefficient (Wildman–Crippen LogP) is 5.60. The van der Waals surface area contributed by atoms with Crippen molar-refractivity contribution in [3.63, 3.8) is 0 Å². The molecule has 0 bridgehead atoms. The number of benzene rings is 4. The minimum atomic E-state index is -0.546. The molecule has 7 nitrogen and oxygen atoms in total. The third-order valence-electron chi connectivity index (χ3n) is 5.19. The molecule has 35 heavy (non-hydrogen) atoms. The fourth-order valence-corrected chi connectivity index (χ4v) is 3.98. The number of esters is 1. The Morgan fingerprint density at radius 3 is 2.40 bits per heavy atom. The van der Waals surface area contributed by atoms with Gasteiger partial charge in [-0.2, -0.15) is 5.10 Å². The van der Waals surface area contributed by atoms with E-state index in [0.29, 0.717) is 32.7 Å². The Kier molecular flexibility index (Phi) is 7.42. The van der Waals surface area contributed by atoms with Crippen LogP contribution in [0.2, 0.25) is 0 Å². The van der Waals surface area contributed by atoms with E-state index in [1.165, 1.54) is 13.3 Å². The quantitative estimate of drug-likeness (QED) is 0.145. The Morgan fingerprint density at radius 1 is 0.914 bits per heavy atom. The standard InChI is InChI=1S/C27H21BrN2O5/c1-33-20-12-10-19(11-13-20)27(32)35-25-23(28)14-17(15-24(25)34-2)16-29-30-26(31)22-9-5-7-18-6-3-4-8-21(18)22/h3-16H,1-2H3,(H,30,31)/b29-16-. The van der Waals surface area contributed by atoms with Gasteiger partial charge in [-0.05, 0) is 74.7 Å². The van der Waals surface area contributed by atoms with E-state index < -0.39 is 5.97 Å². The first-order valence-electron chi connectivity index (χ1n) is 10.5. The van der Waals surface area contributed by atoms with E-state index in [1.54, 1.807) is 49.6 Å². The summed E-state index contributed by atoms with van der Waals surface area (Å²) in [4.78, 5) is 25.2. The van der Waals surface area contributed by atoms with E-state index in [-0.39, 0.29) is 11.7 Å². The van der Waals surface area contributed by atoms with Gasteiger partial charge in [-0.25, -0.2) is 10.2 Å². The second kappa shape index (κ2) is 10.8. The topological polar surface area (TPSA) is 86.2 Å². The molecule has 0 atom stereocenters. The van der Waals surface area contributed by atoms with Gasteiger partial charge < -0.3 is 14.2 Å². The summed E-state index contributed by atoms with van der Waals surface area (Å²) in [6.45, 7) is 0. The molecule has 0 aliphatic carbocycles. The number of halogens is 1. The number of hydrogen-bond acceptors (Lipinski definition) is 6. The van der Waals surface area contributed by atoms with Crippen LogP contribution in [0.15, 0.2) is 88.4 Å². The molecule has 0 aromatic heterocycles. The highest BCUT2D eigenvalue weighted by Crippen LogP contribution is 2.37. The van der Waals surface area contributed by atoms with Gasteiger partial charge in [-0.1, -0.05) is 36.4 Å². The number of amides is 1. The van der Waals surface area contributed by atoms with Crippen LogP contribution in [0.3, 0.4) is 0 Å². The lowest BCUT2D eigenvalue weighted by atomic mass is 10.0. The minimum Gasteiger partial charge on any atom is -0.497 e. The van der Waals surface area contributed by atoms with Gasteiger partial charge in [0.2, 0.25) is 0 Å². The summed E-state index contributed by atoms with van der Waals surface area (Å²) in [6, 6.07) is 23.1. The first-order valence-corrected chi connectivity index (χ1v) is 11.3. The summed E-state index contributed by atoms with van der Waals surface area (Å²) in [6.07, 6.45) is 1.48. The molecule has 1 amide bonds. The Balaban J connectivity index is 1.49. The van der Waals surface area contributed by atoms with Crippen molar-refractivity contribution in [3.05, 3.63) is 100 Å². The van der Waals surface area contributed by atoms with Gasteiger partial charge in [0, 0.05) is 5.56 Å². The number of ether oxygens (including phenoxy) is 3. The minimum absolute atomic E-state index is 0.227. The van der Waals surface area contributed by atoms with Crippen molar-refractivity contribution in [2.45, 2.75) is 0 Å². The third-order valence-corrected chi connectivity index (χ3v) is 5.78.